The molecule has 0 fully saturated rings. The molecule has 1 N–H and O–H groups in total. The standard InChI is InChI=1S/C26H24N4O2/c1-16-13-20(29-21(14-16)15-27)10-11-23(31)19-8-6-18(7-9-19)17(2)26(3)22-5-4-12-28-24(22)30-25(26)32/h4-9,12-14,17H,10-11H2,1-3H3,(H,28,30,32)/t17-,26-/m1/s1. The van der Waals surface area contributed by atoms with Crippen molar-refractivity contribution >= 4 is 17.5 Å². The van der Waals surface area contributed by atoms with Crippen LogP contribution in [0.1, 0.15) is 64.6 Å². The number of Topliss-reactive ketones (excluding diaryl/α,β-unsaturated/α-hetero) is 1. The van der Waals surface area contributed by atoms with Gasteiger partial charge < -0.3 is 5.32 Å². The molecule has 1 aliphatic heterocycles. The quantitative estimate of drug-likeness (QED) is 0.589. The summed E-state index contributed by atoms with van der Waals surface area (Å²) in [6, 6.07) is 16.9. The molecule has 1 amide bonds. The lowest BCUT2D eigenvalue weighted by Crippen LogP contribution is -2.36. The molecule has 4 rings (SSSR count). The Kier molecular flexibility index (Phi) is 5.58. The predicted octanol–water partition coefficient (Wildman–Crippen LogP) is 4.49. The molecule has 32 heavy (non-hydrogen) atoms. The van der Waals surface area contributed by atoms with E-state index >= 15 is 0 Å². The largest absolute Gasteiger partial charge is 0.310 e. The van der Waals surface area contributed by atoms with Crippen LogP contribution in [0.2, 0.25) is 0 Å². The lowest BCUT2D eigenvalue weighted by Gasteiger charge is -2.30. The molecular formula is C26H24N4O2. The topological polar surface area (TPSA) is 95.7 Å². The first kappa shape index (κ1) is 21.4. The summed E-state index contributed by atoms with van der Waals surface area (Å²) >= 11 is 0. The van der Waals surface area contributed by atoms with Gasteiger partial charge in [-0.25, -0.2) is 9.97 Å². The van der Waals surface area contributed by atoms with Crippen molar-refractivity contribution in [3.8, 4) is 6.07 Å². The van der Waals surface area contributed by atoms with Crippen LogP contribution in [0.3, 0.4) is 0 Å². The number of aryl methyl sites for hydroxylation is 2. The van der Waals surface area contributed by atoms with Gasteiger partial charge in [0.15, 0.2) is 5.78 Å². The number of hydrogen-bond donors (Lipinski definition) is 1. The van der Waals surface area contributed by atoms with Crippen molar-refractivity contribution in [2.75, 3.05) is 5.32 Å². The molecule has 160 valence electrons. The zero-order chi connectivity index (χ0) is 22.9. The number of anilines is 1. The predicted molar refractivity (Wildman–Crippen MR) is 121 cm³/mol. The summed E-state index contributed by atoms with van der Waals surface area (Å²) < 4.78 is 0. The average molecular weight is 425 g/mol. The van der Waals surface area contributed by atoms with Crippen LogP contribution in [0.15, 0.2) is 54.7 Å². The van der Waals surface area contributed by atoms with Gasteiger partial charge in [0.1, 0.15) is 17.6 Å². The van der Waals surface area contributed by atoms with Crippen molar-refractivity contribution in [2.45, 2.75) is 44.9 Å². The normalized spacial score (nSPS) is 17.9. The molecule has 0 radical (unpaired) electrons. The summed E-state index contributed by atoms with van der Waals surface area (Å²) in [7, 11) is 0. The van der Waals surface area contributed by atoms with Gasteiger partial charge in [-0.05, 0) is 55.5 Å². The van der Waals surface area contributed by atoms with Crippen molar-refractivity contribution in [1.29, 1.82) is 5.26 Å². The van der Waals surface area contributed by atoms with E-state index in [2.05, 4.69) is 21.4 Å². The van der Waals surface area contributed by atoms with E-state index < -0.39 is 5.41 Å². The smallest absolute Gasteiger partial charge is 0.236 e. The van der Waals surface area contributed by atoms with E-state index in [0.717, 1.165) is 22.4 Å². The molecule has 0 saturated heterocycles. The monoisotopic (exact) mass is 424 g/mol. The number of carbonyl (C=O) groups excluding carboxylic acids is 2. The fourth-order valence-corrected chi connectivity index (χ4v) is 4.32. The number of fused-ring (bicyclic) bond motifs is 1. The third-order valence-electron chi connectivity index (χ3n) is 6.42. The Morgan fingerprint density at radius 3 is 2.69 bits per heavy atom. The lowest BCUT2D eigenvalue weighted by atomic mass is 9.71. The molecular weight excluding hydrogens is 400 g/mol. The van der Waals surface area contributed by atoms with Gasteiger partial charge in [0.05, 0.1) is 5.41 Å². The highest BCUT2D eigenvalue weighted by Crippen LogP contribution is 2.45. The molecule has 2 atom stereocenters. The molecule has 1 aliphatic rings. The van der Waals surface area contributed by atoms with E-state index in [-0.39, 0.29) is 17.6 Å². The van der Waals surface area contributed by atoms with Gasteiger partial charge in [-0.1, -0.05) is 37.3 Å². The molecule has 6 heteroatoms. The van der Waals surface area contributed by atoms with Crippen LogP contribution < -0.4 is 5.32 Å². The van der Waals surface area contributed by atoms with Crippen molar-refractivity contribution in [3.05, 3.63) is 88.4 Å². The first-order valence-electron chi connectivity index (χ1n) is 10.6. The Labute approximate surface area is 187 Å². The zero-order valence-corrected chi connectivity index (χ0v) is 18.3. The third-order valence-corrected chi connectivity index (χ3v) is 6.42. The van der Waals surface area contributed by atoms with E-state index in [1.165, 1.54) is 0 Å². The lowest BCUT2D eigenvalue weighted by molar-refractivity contribution is -0.120. The number of ketones is 1. The summed E-state index contributed by atoms with van der Waals surface area (Å²) in [5.74, 6) is 0.465. The van der Waals surface area contributed by atoms with Gasteiger partial charge >= 0.3 is 0 Å². The Balaban J connectivity index is 1.48. The molecule has 6 nitrogen and oxygen atoms in total. The maximum absolute atomic E-state index is 12.8. The highest BCUT2D eigenvalue weighted by Gasteiger charge is 2.47. The van der Waals surface area contributed by atoms with Gasteiger partial charge in [-0.3, -0.25) is 9.59 Å². The molecule has 2 aromatic heterocycles. The minimum atomic E-state index is -0.732. The van der Waals surface area contributed by atoms with Crippen LogP contribution in [0.5, 0.6) is 0 Å². The molecule has 3 heterocycles. The van der Waals surface area contributed by atoms with Crippen molar-refractivity contribution in [2.24, 2.45) is 0 Å². The van der Waals surface area contributed by atoms with E-state index in [9.17, 15) is 9.59 Å². The van der Waals surface area contributed by atoms with Crippen LogP contribution in [-0.2, 0) is 16.6 Å². The fraction of sp³-hybridized carbons (Fsp3) is 0.269. The number of benzene rings is 1. The van der Waals surface area contributed by atoms with Crippen LogP contribution in [0.25, 0.3) is 0 Å². The van der Waals surface area contributed by atoms with E-state index in [4.69, 9.17) is 5.26 Å². The third kappa shape index (κ3) is 3.78. The summed E-state index contributed by atoms with van der Waals surface area (Å²) in [6.45, 7) is 5.87. The zero-order valence-electron chi connectivity index (χ0n) is 18.3. The number of carbonyl (C=O) groups is 2. The number of nitrogens with one attached hydrogen (secondary N) is 1. The molecule has 0 spiro atoms. The number of aromatic nitrogens is 2. The van der Waals surface area contributed by atoms with Gasteiger partial charge in [0.25, 0.3) is 0 Å². The van der Waals surface area contributed by atoms with Crippen LogP contribution in [0.4, 0.5) is 5.82 Å². The van der Waals surface area contributed by atoms with Gasteiger partial charge in [-0.2, -0.15) is 5.26 Å². The number of amides is 1. The average Bonchev–Trinajstić information content (AvgIpc) is 3.07. The number of rotatable bonds is 6. The highest BCUT2D eigenvalue weighted by molar-refractivity contribution is 6.05. The first-order valence-corrected chi connectivity index (χ1v) is 10.6. The second kappa shape index (κ2) is 8.35. The molecule has 0 unspecified atom stereocenters. The Morgan fingerprint density at radius 2 is 1.97 bits per heavy atom. The molecule has 0 bridgehead atoms. The van der Waals surface area contributed by atoms with Crippen LogP contribution >= 0.6 is 0 Å². The summed E-state index contributed by atoms with van der Waals surface area (Å²) in [6.07, 6.45) is 2.47. The minimum absolute atomic E-state index is 0.0189. The van der Waals surface area contributed by atoms with E-state index in [1.54, 1.807) is 12.3 Å². The maximum atomic E-state index is 12.8. The molecule has 1 aromatic carbocycles. The number of nitriles is 1. The summed E-state index contributed by atoms with van der Waals surface area (Å²) in [5.41, 5.74) is 3.83. The van der Waals surface area contributed by atoms with Gasteiger partial charge in [0.2, 0.25) is 5.91 Å². The molecule has 3 aromatic rings. The Bertz CT molecular complexity index is 1240. The highest BCUT2D eigenvalue weighted by atomic mass is 16.2. The minimum Gasteiger partial charge on any atom is -0.310 e. The Morgan fingerprint density at radius 1 is 1.22 bits per heavy atom. The second-order valence-corrected chi connectivity index (χ2v) is 8.46. The number of hydrogen-bond acceptors (Lipinski definition) is 5. The van der Waals surface area contributed by atoms with Crippen molar-refractivity contribution in [3.63, 3.8) is 0 Å². The van der Waals surface area contributed by atoms with Gasteiger partial charge in [0, 0.05) is 29.4 Å². The van der Waals surface area contributed by atoms with Crippen LogP contribution in [-0.4, -0.2) is 21.7 Å². The summed E-state index contributed by atoms with van der Waals surface area (Å²) in [5, 5.41) is 12.0. The van der Waals surface area contributed by atoms with E-state index in [1.807, 2.05) is 63.2 Å². The summed E-state index contributed by atoms with van der Waals surface area (Å²) in [4.78, 5) is 34.1. The second-order valence-electron chi connectivity index (χ2n) is 8.46. The van der Waals surface area contributed by atoms with E-state index in [0.29, 0.717) is 29.9 Å². The number of pyridine rings is 2. The van der Waals surface area contributed by atoms with Crippen molar-refractivity contribution < 1.29 is 9.59 Å². The molecule has 0 saturated carbocycles. The van der Waals surface area contributed by atoms with Gasteiger partial charge in [-0.15, -0.1) is 0 Å². The van der Waals surface area contributed by atoms with Crippen molar-refractivity contribution in [1.82, 2.24) is 9.97 Å². The first-order chi connectivity index (χ1) is 15.3. The Hall–Kier alpha value is -3.85. The molecule has 0 aliphatic carbocycles. The maximum Gasteiger partial charge on any atom is 0.236 e. The fourth-order valence-electron chi connectivity index (χ4n) is 4.32. The SMILES string of the molecule is Cc1cc(C#N)nc(CCC(=O)c2ccc([C@@H](C)[C@@]3(C)C(=O)Nc4ncccc43)cc2)c1. The van der Waals surface area contributed by atoms with Crippen LogP contribution in [0, 0.1) is 18.3 Å². The number of nitrogens with zero attached hydrogens (tertiary/aromatic N) is 3.